The molecule has 1 amide bonds. The Morgan fingerprint density at radius 1 is 1.10 bits per heavy atom. The maximum absolute atomic E-state index is 13.6. The van der Waals surface area contributed by atoms with Crippen LogP contribution in [0.5, 0.6) is 0 Å². The SMILES string of the molecule is N#CCCN(C(=O)CN[C@@H](c1ccccc1)c1ccco1)C12CC3CC(CC(C3)C1)C2. The third-order valence-corrected chi connectivity index (χ3v) is 7.74. The summed E-state index contributed by atoms with van der Waals surface area (Å²) in [5, 5.41) is 12.7. The molecule has 1 aromatic heterocycles. The highest BCUT2D eigenvalue weighted by atomic mass is 16.3. The minimum absolute atomic E-state index is 0.0305. The first-order valence-corrected chi connectivity index (χ1v) is 11.7. The standard InChI is InChI=1S/C26H31N3O2/c27-9-5-10-29(26-15-19-12-20(16-26)14-21(13-19)17-26)24(30)18-28-25(23-8-4-11-31-23)22-6-2-1-3-7-22/h1-4,6-8,11,19-21,25,28H,5,10,12-18H2/t19?,20?,21?,25-,26?/m0/s1. The monoisotopic (exact) mass is 417 g/mol. The van der Waals surface area contributed by atoms with Crippen molar-refractivity contribution in [2.45, 2.75) is 56.5 Å². The van der Waals surface area contributed by atoms with Crippen LogP contribution in [0.1, 0.15) is 62.3 Å². The van der Waals surface area contributed by atoms with Crippen LogP contribution < -0.4 is 5.32 Å². The molecule has 1 N–H and O–H groups in total. The predicted molar refractivity (Wildman–Crippen MR) is 118 cm³/mol. The molecule has 31 heavy (non-hydrogen) atoms. The van der Waals surface area contributed by atoms with Crippen LogP contribution in [0.2, 0.25) is 0 Å². The molecule has 6 rings (SSSR count). The Balaban J connectivity index is 1.35. The maximum Gasteiger partial charge on any atom is 0.237 e. The zero-order valence-corrected chi connectivity index (χ0v) is 18.0. The Morgan fingerprint density at radius 3 is 2.35 bits per heavy atom. The minimum Gasteiger partial charge on any atom is -0.467 e. The number of rotatable bonds is 8. The molecule has 0 saturated heterocycles. The largest absolute Gasteiger partial charge is 0.467 e. The zero-order valence-electron chi connectivity index (χ0n) is 18.0. The summed E-state index contributed by atoms with van der Waals surface area (Å²) in [5.74, 6) is 3.20. The Hall–Kier alpha value is -2.58. The Bertz CT molecular complexity index is 896. The molecule has 0 radical (unpaired) electrons. The van der Waals surface area contributed by atoms with E-state index in [1.165, 1.54) is 19.3 Å². The number of furan rings is 1. The van der Waals surface area contributed by atoms with Gasteiger partial charge in [0.2, 0.25) is 5.91 Å². The smallest absolute Gasteiger partial charge is 0.237 e. The van der Waals surface area contributed by atoms with Gasteiger partial charge >= 0.3 is 0 Å². The first-order chi connectivity index (χ1) is 15.2. The van der Waals surface area contributed by atoms with Crippen molar-refractivity contribution in [1.82, 2.24) is 10.2 Å². The van der Waals surface area contributed by atoms with Gasteiger partial charge in [-0.1, -0.05) is 30.3 Å². The zero-order chi connectivity index (χ0) is 21.3. The van der Waals surface area contributed by atoms with E-state index in [-0.39, 0.29) is 24.0 Å². The van der Waals surface area contributed by atoms with E-state index in [1.807, 2.05) is 30.3 Å². The summed E-state index contributed by atoms with van der Waals surface area (Å²) in [6.45, 7) is 0.785. The van der Waals surface area contributed by atoms with Gasteiger partial charge < -0.3 is 9.32 Å². The van der Waals surface area contributed by atoms with E-state index in [0.717, 1.165) is 48.3 Å². The molecule has 4 saturated carbocycles. The fourth-order valence-corrected chi connectivity index (χ4v) is 6.95. The lowest BCUT2D eigenvalue weighted by molar-refractivity contribution is -0.149. The first kappa shape index (κ1) is 20.3. The normalized spacial score (nSPS) is 29.5. The minimum atomic E-state index is -0.172. The van der Waals surface area contributed by atoms with Gasteiger partial charge in [-0.3, -0.25) is 10.1 Å². The lowest BCUT2D eigenvalue weighted by Gasteiger charge is -2.60. The summed E-state index contributed by atoms with van der Waals surface area (Å²) < 4.78 is 5.68. The van der Waals surface area contributed by atoms with Gasteiger partial charge in [0.05, 0.1) is 31.3 Å². The quantitative estimate of drug-likeness (QED) is 0.678. The van der Waals surface area contributed by atoms with Gasteiger partial charge in [-0.2, -0.15) is 5.26 Å². The summed E-state index contributed by atoms with van der Waals surface area (Å²) in [7, 11) is 0. The Morgan fingerprint density at radius 2 is 1.77 bits per heavy atom. The van der Waals surface area contributed by atoms with Gasteiger partial charge in [0, 0.05) is 12.1 Å². The number of benzene rings is 1. The topological polar surface area (TPSA) is 69.3 Å². The third kappa shape index (κ3) is 4.02. The highest BCUT2D eigenvalue weighted by molar-refractivity contribution is 5.79. The number of hydrogen-bond donors (Lipinski definition) is 1. The first-order valence-electron chi connectivity index (χ1n) is 11.7. The van der Waals surface area contributed by atoms with Crippen LogP contribution in [0.25, 0.3) is 0 Å². The molecule has 4 fully saturated rings. The molecule has 5 nitrogen and oxygen atoms in total. The molecule has 1 heterocycles. The van der Waals surface area contributed by atoms with Crippen LogP contribution >= 0.6 is 0 Å². The van der Waals surface area contributed by atoms with Gasteiger partial charge in [0.25, 0.3) is 0 Å². The highest BCUT2D eigenvalue weighted by Crippen LogP contribution is 2.57. The van der Waals surface area contributed by atoms with Crippen molar-refractivity contribution < 1.29 is 9.21 Å². The van der Waals surface area contributed by atoms with Crippen LogP contribution in [0.15, 0.2) is 53.1 Å². The highest BCUT2D eigenvalue weighted by Gasteiger charge is 2.54. The number of nitriles is 1. The van der Waals surface area contributed by atoms with Crippen LogP contribution in [0.3, 0.4) is 0 Å². The van der Waals surface area contributed by atoms with Crippen molar-refractivity contribution in [1.29, 1.82) is 5.26 Å². The number of hydrogen-bond acceptors (Lipinski definition) is 4. The van der Waals surface area contributed by atoms with Gasteiger partial charge in [0.15, 0.2) is 0 Å². The van der Waals surface area contributed by atoms with Gasteiger partial charge in [-0.05, 0) is 74.0 Å². The molecule has 4 aliphatic rings. The van der Waals surface area contributed by atoms with E-state index in [2.05, 4.69) is 28.4 Å². The molecule has 1 aromatic carbocycles. The lowest BCUT2D eigenvalue weighted by Crippen LogP contribution is -2.62. The number of carbonyl (C=O) groups excluding carboxylic acids is 1. The molecule has 5 heteroatoms. The van der Waals surface area contributed by atoms with Crippen molar-refractivity contribution in [2.24, 2.45) is 17.8 Å². The van der Waals surface area contributed by atoms with Crippen molar-refractivity contribution in [2.75, 3.05) is 13.1 Å². The van der Waals surface area contributed by atoms with Crippen LogP contribution in [0.4, 0.5) is 0 Å². The number of carbonyl (C=O) groups is 1. The second-order valence-electron chi connectivity index (χ2n) is 9.84. The van der Waals surface area contributed by atoms with E-state index in [0.29, 0.717) is 13.0 Å². The number of nitrogens with zero attached hydrogens (tertiary/aromatic N) is 2. The fourth-order valence-electron chi connectivity index (χ4n) is 6.95. The summed E-state index contributed by atoms with van der Waals surface area (Å²) >= 11 is 0. The summed E-state index contributed by atoms with van der Waals surface area (Å²) in [6, 6.07) is 16.0. The van der Waals surface area contributed by atoms with E-state index in [9.17, 15) is 10.1 Å². The molecular weight excluding hydrogens is 386 g/mol. The summed E-state index contributed by atoms with van der Waals surface area (Å²) in [5.41, 5.74) is 1.04. The lowest BCUT2D eigenvalue weighted by atomic mass is 9.52. The molecule has 2 aromatic rings. The van der Waals surface area contributed by atoms with Crippen molar-refractivity contribution >= 4 is 5.91 Å². The Labute approximate surface area is 184 Å². The maximum atomic E-state index is 13.6. The van der Waals surface area contributed by atoms with Gasteiger partial charge in [0.1, 0.15) is 5.76 Å². The molecule has 1 atom stereocenters. The second kappa shape index (κ2) is 8.51. The second-order valence-corrected chi connectivity index (χ2v) is 9.84. The summed E-state index contributed by atoms with van der Waals surface area (Å²) in [4.78, 5) is 15.7. The van der Waals surface area contributed by atoms with E-state index in [4.69, 9.17) is 4.42 Å². The summed E-state index contributed by atoms with van der Waals surface area (Å²) in [6.07, 6.45) is 9.45. The average Bonchev–Trinajstić information content (AvgIpc) is 3.28. The van der Waals surface area contributed by atoms with E-state index >= 15 is 0 Å². The average molecular weight is 418 g/mol. The molecule has 0 aliphatic heterocycles. The van der Waals surface area contributed by atoms with E-state index in [1.54, 1.807) is 6.26 Å². The van der Waals surface area contributed by atoms with Crippen molar-refractivity contribution in [3.8, 4) is 6.07 Å². The van der Waals surface area contributed by atoms with Crippen LogP contribution in [-0.4, -0.2) is 29.4 Å². The number of nitrogens with one attached hydrogen (secondary N) is 1. The Kier molecular flexibility index (Phi) is 5.58. The van der Waals surface area contributed by atoms with Crippen LogP contribution in [-0.2, 0) is 4.79 Å². The molecule has 4 bridgehead atoms. The van der Waals surface area contributed by atoms with Gasteiger partial charge in [-0.25, -0.2) is 0 Å². The fraction of sp³-hybridized carbons (Fsp3) is 0.538. The predicted octanol–water partition coefficient (Wildman–Crippen LogP) is 4.67. The third-order valence-electron chi connectivity index (χ3n) is 7.74. The van der Waals surface area contributed by atoms with Crippen molar-refractivity contribution in [3.63, 3.8) is 0 Å². The van der Waals surface area contributed by atoms with Gasteiger partial charge in [-0.15, -0.1) is 0 Å². The number of amides is 1. The molecule has 0 unspecified atom stereocenters. The molecule has 4 aliphatic carbocycles. The molecule has 162 valence electrons. The van der Waals surface area contributed by atoms with Crippen molar-refractivity contribution in [3.05, 3.63) is 60.1 Å². The van der Waals surface area contributed by atoms with E-state index < -0.39 is 0 Å². The van der Waals surface area contributed by atoms with Crippen LogP contribution in [0, 0.1) is 29.1 Å². The molecular formula is C26H31N3O2. The molecule has 0 spiro atoms.